The van der Waals surface area contributed by atoms with Crippen LogP contribution in [0.4, 0.5) is 4.39 Å². The van der Waals surface area contributed by atoms with Gasteiger partial charge < -0.3 is 0 Å². The third kappa shape index (κ3) is 2.96. The standard InChI is InChI=1S/C15H12BrCl2F/c1-8-7-12(17)9(2)6-10(8)15(18)14-11(16)4-3-5-13(14)19/h3-7,15H,1-2H3. The molecule has 2 aromatic rings. The minimum Gasteiger partial charge on any atom is -0.207 e. The summed E-state index contributed by atoms with van der Waals surface area (Å²) in [5.41, 5.74) is 3.20. The van der Waals surface area contributed by atoms with Crippen LogP contribution in [0.5, 0.6) is 0 Å². The van der Waals surface area contributed by atoms with Crippen LogP contribution in [0.3, 0.4) is 0 Å². The van der Waals surface area contributed by atoms with Crippen molar-refractivity contribution in [3.63, 3.8) is 0 Å². The van der Waals surface area contributed by atoms with Crippen molar-refractivity contribution < 1.29 is 4.39 Å². The third-order valence-electron chi connectivity index (χ3n) is 3.07. The van der Waals surface area contributed by atoms with Gasteiger partial charge in [0.05, 0.1) is 5.38 Å². The van der Waals surface area contributed by atoms with Gasteiger partial charge in [-0.1, -0.05) is 39.7 Å². The molecule has 0 aliphatic heterocycles. The quantitative estimate of drug-likeness (QED) is 0.559. The Balaban J connectivity index is 2.56. The minimum atomic E-state index is -0.549. The molecular weight excluding hydrogens is 350 g/mol. The number of aryl methyl sites for hydroxylation is 2. The molecule has 19 heavy (non-hydrogen) atoms. The Morgan fingerprint density at radius 1 is 1.16 bits per heavy atom. The van der Waals surface area contributed by atoms with E-state index in [4.69, 9.17) is 23.2 Å². The summed E-state index contributed by atoms with van der Waals surface area (Å²) < 4.78 is 14.6. The molecule has 0 nitrogen and oxygen atoms in total. The maximum absolute atomic E-state index is 14.0. The van der Waals surface area contributed by atoms with Gasteiger partial charge in [-0.3, -0.25) is 0 Å². The van der Waals surface area contributed by atoms with Gasteiger partial charge in [-0.2, -0.15) is 0 Å². The summed E-state index contributed by atoms with van der Waals surface area (Å²) in [4.78, 5) is 0. The highest BCUT2D eigenvalue weighted by molar-refractivity contribution is 9.10. The Labute approximate surface area is 130 Å². The van der Waals surface area contributed by atoms with Gasteiger partial charge in [-0.15, -0.1) is 11.6 Å². The van der Waals surface area contributed by atoms with Crippen molar-refractivity contribution in [3.8, 4) is 0 Å². The van der Waals surface area contributed by atoms with Crippen molar-refractivity contribution in [1.29, 1.82) is 0 Å². The van der Waals surface area contributed by atoms with Gasteiger partial charge in [0.15, 0.2) is 0 Å². The summed E-state index contributed by atoms with van der Waals surface area (Å²) in [6, 6.07) is 8.61. The van der Waals surface area contributed by atoms with Gasteiger partial charge in [0.1, 0.15) is 5.82 Å². The number of hydrogen-bond donors (Lipinski definition) is 0. The third-order valence-corrected chi connectivity index (χ3v) is 4.63. The summed E-state index contributed by atoms with van der Waals surface area (Å²) in [7, 11) is 0. The molecule has 2 rings (SSSR count). The van der Waals surface area contributed by atoms with Gasteiger partial charge in [-0.25, -0.2) is 4.39 Å². The molecule has 0 amide bonds. The lowest BCUT2D eigenvalue weighted by Gasteiger charge is -2.17. The van der Waals surface area contributed by atoms with Gasteiger partial charge >= 0.3 is 0 Å². The number of halogens is 4. The zero-order chi connectivity index (χ0) is 14.2. The largest absolute Gasteiger partial charge is 0.207 e. The topological polar surface area (TPSA) is 0 Å². The molecule has 0 heterocycles. The molecule has 1 atom stereocenters. The molecule has 4 heteroatoms. The van der Waals surface area contributed by atoms with Crippen LogP contribution < -0.4 is 0 Å². The SMILES string of the molecule is Cc1cc(C(Cl)c2c(F)cccc2Br)c(C)cc1Cl. The van der Waals surface area contributed by atoms with E-state index in [-0.39, 0.29) is 5.82 Å². The molecule has 0 aromatic heterocycles. The van der Waals surface area contributed by atoms with E-state index in [1.165, 1.54) is 6.07 Å². The fraction of sp³-hybridized carbons (Fsp3) is 0.200. The normalized spacial score (nSPS) is 12.5. The zero-order valence-corrected chi connectivity index (χ0v) is 13.6. The van der Waals surface area contributed by atoms with Crippen molar-refractivity contribution in [2.75, 3.05) is 0 Å². The predicted molar refractivity (Wildman–Crippen MR) is 82.7 cm³/mol. The fourth-order valence-electron chi connectivity index (χ4n) is 1.98. The molecule has 0 spiro atoms. The molecule has 2 aromatic carbocycles. The maximum Gasteiger partial charge on any atom is 0.129 e. The Morgan fingerprint density at radius 3 is 2.47 bits per heavy atom. The predicted octanol–water partition coefficient (Wildman–Crippen LogP) is 6.19. The van der Waals surface area contributed by atoms with Crippen LogP contribution in [0, 0.1) is 19.7 Å². The molecule has 0 aliphatic carbocycles. The van der Waals surface area contributed by atoms with E-state index in [0.29, 0.717) is 15.1 Å². The van der Waals surface area contributed by atoms with Crippen LogP contribution in [-0.4, -0.2) is 0 Å². The van der Waals surface area contributed by atoms with E-state index in [1.54, 1.807) is 12.1 Å². The van der Waals surface area contributed by atoms with Crippen LogP contribution >= 0.6 is 39.1 Å². The molecule has 1 unspecified atom stereocenters. The average molecular weight is 362 g/mol. The average Bonchev–Trinajstić information content (AvgIpc) is 2.33. The van der Waals surface area contributed by atoms with E-state index in [9.17, 15) is 4.39 Å². The highest BCUT2D eigenvalue weighted by Crippen LogP contribution is 2.38. The Morgan fingerprint density at radius 2 is 1.84 bits per heavy atom. The first kappa shape index (κ1) is 14.8. The van der Waals surface area contributed by atoms with E-state index in [2.05, 4.69) is 15.9 Å². The minimum absolute atomic E-state index is 0.318. The Bertz CT molecular complexity index is 606. The van der Waals surface area contributed by atoms with Crippen molar-refractivity contribution >= 4 is 39.1 Å². The molecule has 0 bridgehead atoms. The molecule has 0 N–H and O–H groups in total. The first-order valence-electron chi connectivity index (χ1n) is 5.76. The molecule has 0 radical (unpaired) electrons. The van der Waals surface area contributed by atoms with Gasteiger partial charge in [0, 0.05) is 15.1 Å². The first-order valence-corrected chi connectivity index (χ1v) is 7.37. The summed E-state index contributed by atoms with van der Waals surface area (Å²) >= 11 is 15.9. The molecule has 0 saturated carbocycles. The van der Waals surface area contributed by atoms with Crippen molar-refractivity contribution in [3.05, 3.63) is 67.9 Å². The van der Waals surface area contributed by atoms with Crippen LogP contribution in [-0.2, 0) is 0 Å². The summed E-state index contributed by atoms with van der Waals surface area (Å²) in [6.45, 7) is 3.83. The fourth-order valence-corrected chi connectivity index (χ4v) is 3.36. The number of benzene rings is 2. The summed E-state index contributed by atoms with van der Waals surface area (Å²) in [6.07, 6.45) is 0. The highest BCUT2D eigenvalue weighted by atomic mass is 79.9. The molecule has 0 fully saturated rings. The van der Waals surface area contributed by atoms with E-state index >= 15 is 0 Å². The second kappa shape index (κ2) is 5.82. The van der Waals surface area contributed by atoms with Gasteiger partial charge in [0.25, 0.3) is 0 Å². The van der Waals surface area contributed by atoms with Gasteiger partial charge in [-0.05, 0) is 48.7 Å². The van der Waals surface area contributed by atoms with Gasteiger partial charge in [0.2, 0.25) is 0 Å². The number of rotatable bonds is 2. The van der Waals surface area contributed by atoms with E-state index in [1.807, 2.05) is 26.0 Å². The van der Waals surface area contributed by atoms with Crippen LogP contribution in [0.1, 0.15) is 27.6 Å². The van der Waals surface area contributed by atoms with Crippen LogP contribution in [0.2, 0.25) is 5.02 Å². The second-order valence-corrected chi connectivity index (χ2v) is 6.15. The summed E-state index contributed by atoms with van der Waals surface area (Å²) in [5, 5.41) is 0.143. The molecular formula is C15H12BrCl2F. The first-order chi connectivity index (χ1) is 8.91. The smallest absolute Gasteiger partial charge is 0.129 e. The van der Waals surface area contributed by atoms with Crippen molar-refractivity contribution in [1.82, 2.24) is 0 Å². The lowest BCUT2D eigenvalue weighted by molar-refractivity contribution is 0.611. The molecule has 0 saturated heterocycles. The zero-order valence-electron chi connectivity index (χ0n) is 10.5. The number of alkyl halides is 1. The van der Waals surface area contributed by atoms with Crippen LogP contribution in [0.15, 0.2) is 34.8 Å². The van der Waals surface area contributed by atoms with Crippen LogP contribution in [0.25, 0.3) is 0 Å². The van der Waals surface area contributed by atoms with Crippen molar-refractivity contribution in [2.24, 2.45) is 0 Å². The highest BCUT2D eigenvalue weighted by Gasteiger charge is 2.20. The molecule has 0 aliphatic rings. The number of hydrogen-bond acceptors (Lipinski definition) is 0. The lowest BCUT2D eigenvalue weighted by atomic mass is 9.97. The molecule has 100 valence electrons. The second-order valence-electron chi connectivity index (χ2n) is 4.46. The van der Waals surface area contributed by atoms with E-state index < -0.39 is 5.38 Å². The monoisotopic (exact) mass is 360 g/mol. The maximum atomic E-state index is 14.0. The Kier molecular flexibility index (Phi) is 4.54. The summed E-state index contributed by atoms with van der Waals surface area (Å²) in [5.74, 6) is -0.318. The Hall–Kier alpha value is -0.570. The lowest BCUT2D eigenvalue weighted by Crippen LogP contribution is -2.01. The van der Waals surface area contributed by atoms with E-state index in [0.717, 1.165) is 16.7 Å². The van der Waals surface area contributed by atoms with Crippen molar-refractivity contribution in [2.45, 2.75) is 19.2 Å².